The molecule has 5 nitrogen and oxygen atoms in total. The molecule has 106 valence electrons. The van der Waals surface area contributed by atoms with Gasteiger partial charge in [-0.25, -0.2) is 0 Å². The lowest BCUT2D eigenvalue weighted by Crippen LogP contribution is -2.44. The van der Waals surface area contributed by atoms with Gasteiger partial charge < -0.3 is 15.1 Å². The topological polar surface area (TPSA) is 52.7 Å². The van der Waals surface area contributed by atoms with Gasteiger partial charge in [-0.2, -0.15) is 0 Å². The fourth-order valence-electron chi connectivity index (χ4n) is 3.66. The average molecular weight is 265 g/mol. The van der Waals surface area contributed by atoms with Crippen LogP contribution >= 0.6 is 0 Å². The Kier molecular flexibility index (Phi) is 3.48. The van der Waals surface area contributed by atoms with Crippen LogP contribution in [0.5, 0.6) is 0 Å². The van der Waals surface area contributed by atoms with E-state index in [-0.39, 0.29) is 11.8 Å². The van der Waals surface area contributed by atoms with Crippen molar-refractivity contribution in [1.29, 1.82) is 0 Å². The fourth-order valence-corrected chi connectivity index (χ4v) is 3.66. The van der Waals surface area contributed by atoms with Crippen molar-refractivity contribution in [1.82, 2.24) is 15.1 Å². The minimum Gasteiger partial charge on any atom is -0.341 e. The van der Waals surface area contributed by atoms with E-state index in [1.54, 1.807) is 4.90 Å². The monoisotopic (exact) mass is 265 g/mol. The largest absolute Gasteiger partial charge is 0.341 e. The molecule has 2 amide bonds. The molecule has 1 atom stereocenters. The van der Waals surface area contributed by atoms with E-state index in [1.807, 2.05) is 4.90 Å². The van der Waals surface area contributed by atoms with Gasteiger partial charge in [-0.15, -0.1) is 0 Å². The van der Waals surface area contributed by atoms with Gasteiger partial charge >= 0.3 is 0 Å². The maximum atomic E-state index is 12.3. The predicted molar refractivity (Wildman–Crippen MR) is 71.5 cm³/mol. The Labute approximate surface area is 114 Å². The van der Waals surface area contributed by atoms with Crippen molar-refractivity contribution in [3.05, 3.63) is 0 Å². The zero-order valence-electron chi connectivity index (χ0n) is 11.5. The summed E-state index contributed by atoms with van der Waals surface area (Å²) in [4.78, 5) is 27.5. The standard InChI is InChI=1S/C14H23N3O2/c18-12-3-1-7-16(12)9-13(19)17-8-5-14(11-17)4-2-6-15-10-14/h15H,1-11H2/t14-/m0/s1. The van der Waals surface area contributed by atoms with E-state index in [0.717, 1.165) is 45.6 Å². The van der Waals surface area contributed by atoms with Gasteiger partial charge in [-0.1, -0.05) is 0 Å². The van der Waals surface area contributed by atoms with Gasteiger partial charge in [0.05, 0.1) is 6.54 Å². The zero-order chi connectivity index (χ0) is 13.3. The Balaban J connectivity index is 1.55. The highest BCUT2D eigenvalue weighted by Crippen LogP contribution is 2.36. The van der Waals surface area contributed by atoms with Crippen LogP contribution in [-0.2, 0) is 9.59 Å². The lowest BCUT2D eigenvalue weighted by Gasteiger charge is -2.34. The highest BCUT2D eigenvalue weighted by molar-refractivity contribution is 5.86. The van der Waals surface area contributed by atoms with Gasteiger partial charge in [0.2, 0.25) is 11.8 Å². The van der Waals surface area contributed by atoms with Crippen LogP contribution in [0.3, 0.4) is 0 Å². The second-order valence-electron chi connectivity index (χ2n) is 6.26. The van der Waals surface area contributed by atoms with Crippen LogP contribution in [0.15, 0.2) is 0 Å². The van der Waals surface area contributed by atoms with Gasteiger partial charge in [0.1, 0.15) is 0 Å². The number of hydrogen-bond donors (Lipinski definition) is 1. The number of piperidine rings is 1. The number of nitrogens with zero attached hydrogens (tertiary/aromatic N) is 2. The van der Waals surface area contributed by atoms with Crippen molar-refractivity contribution in [2.24, 2.45) is 5.41 Å². The van der Waals surface area contributed by atoms with E-state index in [2.05, 4.69) is 5.32 Å². The van der Waals surface area contributed by atoms with Gasteiger partial charge in [0.15, 0.2) is 0 Å². The van der Waals surface area contributed by atoms with Gasteiger partial charge in [-0.05, 0) is 32.2 Å². The van der Waals surface area contributed by atoms with Crippen LogP contribution in [0.1, 0.15) is 32.1 Å². The molecule has 5 heteroatoms. The quantitative estimate of drug-likeness (QED) is 0.776. The summed E-state index contributed by atoms with van der Waals surface area (Å²) in [5.41, 5.74) is 0.308. The van der Waals surface area contributed by atoms with Crippen LogP contribution in [0, 0.1) is 5.41 Å². The molecule has 1 spiro atoms. The first-order valence-corrected chi connectivity index (χ1v) is 7.45. The molecule has 0 radical (unpaired) electrons. The smallest absolute Gasteiger partial charge is 0.242 e. The molecular weight excluding hydrogens is 242 g/mol. The molecule has 3 saturated heterocycles. The molecule has 19 heavy (non-hydrogen) atoms. The fraction of sp³-hybridized carbons (Fsp3) is 0.857. The van der Waals surface area contributed by atoms with Gasteiger partial charge in [-0.3, -0.25) is 9.59 Å². The van der Waals surface area contributed by atoms with Crippen molar-refractivity contribution in [3.63, 3.8) is 0 Å². The van der Waals surface area contributed by atoms with Crippen molar-refractivity contribution < 1.29 is 9.59 Å². The highest BCUT2D eigenvalue weighted by Gasteiger charge is 2.41. The maximum absolute atomic E-state index is 12.3. The molecule has 1 N–H and O–H groups in total. The minimum absolute atomic E-state index is 0.137. The maximum Gasteiger partial charge on any atom is 0.242 e. The lowest BCUT2D eigenvalue weighted by molar-refractivity contribution is -0.138. The van der Waals surface area contributed by atoms with E-state index < -0.39 is 0 Å². The normalized spacial score (nSPS) is 31.5. The third-order valence-electron chi connectivity index (χ3n) is 4.85. The van der Waals surface area contributed by atoms with Crippen LogP contribution in [-0.4, -0.2) is 60.9 Å². The van der Waals surface area contributed by atoms with Gasteiger partial charge in [0.25, 0.3) is 0 Å². The van der Waals surface area contributed by atoms with Crippen molar-refractivity contribution >= 4 is 11.8 Å². The van der Waals surface area contributed by atoms with Crippen LogP contribution in [0.25, 0.3) is 0 Å². The SMILES string of the molecule is O=C1CCCN1CC(=O)N1CC[C@]2(CCCNC2)C1. The second-order valence-corrected chi connectivity index (χ2v) is 6.26. The lowest BCUT2D eigenvalue weighted by atomic mass is 9.80. The van der Waals surface area contributed by atoms with Crippen molar-refractivity contribution in [2.45, 2.75) is 32.1 Å². The number of carbonyl (C=O) groups excluding carboxylic acids is 2. The van der Waals surface area contributed by atoms with Crippen LogP contribution < -0.4 is 5.32 Å². The van der Waals surface area contributed by atoms with Crippen LogP contribution in [0.4, 0.5) is 0 Å². The molecule has 0 aromatic rings. The molecule has 3 fully saturated rings. The molecule has 0 bridgehead atoms. The van der Waals surface area contributed by atoms with E-state index in [9.17, 15) is 9.59 Å². The number of amides is 2. The van der Waals surface area contributed by atoms with E-state index in [4.69, 9.17) is 0 Å². The summed E-state index contributed by atoms with van der Waals surface area (Å²) in [7, 11) is 0. The van der Waals surface area contributed by atoms with Crippen molar-refractivity contribution in [3.8, 4) is 0 Å². The summed E-state index contributed by atoms with van der Waals surface area (Å²) >= 11 is 0. The third-order valence-corrected chi connectivity index (χ3v) is 4.85. The molecular formula is C14H23N3O2. The minimum atomic E-state index is 0.137. The summed E-state index contributed by atoms with van der Waals surface area (Å²) in [6.07, 6.45) is 5.07. The number of likely N-dealkylation sites (tertiary alicyclic amines) is 2. The van der Waals surface area contributed by atoms with Crippen LogP contribution in [0.2, 0.25) is 0 Å². The van der Waals surface area contributed by atoms with E-state index in [0.29, 0.717) is 18.4 Å². The Hall–Kier alpha value is -1.10. The number of carbonyl (C=O) groups is 2. The average Bonchev–Trinajstić information content (AvgIpc) is 2.99. The molecule has 0 aliphatic carbocycles. The highest BCUT2D eigenvalue weighted by atomic mass is 16.2. The second kappa shape index (κ2) is 5.12. The molecule has 0 aromatic heterocycles. The first-order valence-electron chi connectivity index (χ1n) is 7.45. The Morgan fingerprint density at radius 3 is 2.84 bits per heavy atom. The van der Waals surface area contributed by atoms with Gasteiger partial charge in [0, 0.05) is 38.0 Å². The molecule has 0 unspecified atom stereocenters. The Bertz CT molecular complexity index is 377. The number of nitrogens with one attached hydrogen (secondary N) is 1. The first-order chi connectivity index (χ1) is 9.19. The molecule has 3 rings (SSSR count). The molecule has 3 aliphatic rings. The predicted octanol–water partition coefficient (Wildman–Crippen LogP) is 0.211. The summed E-state index contributed by atoms with van der Waals surface area (Å²) in [5.74, 6) is 0.277. The Morgan fingerprint density at radius 2 is 2.16 bits per heavy atom. The summed E-state index contributed by atoms with van der Waals surface area (Å²) in [6.45, 7) is 4.94. The molecule has 0 aromatic carbocycles. The molecule has 3 aliphatic heterocycles. The molecule has 3 heterocycles. The Morgan fingerprint density at radius 1 is 1.26 bits per heavy atom. The third kappa shape index (κ3) is 2.61. The van der Waals surface area contributed by atoms with Crippen molar-refractivity contribution in [2.75, 3.05) is 39.3 Å². The number of hydrogen-bond acceptors (Lipinski definition) is 3. The number of rotatable bonds is 2. The van der Waals surface area contributed by atoms with E-state index >= 15 is 0 Å². The summed E-state index contributed by atoms with van der Waals surface area (Å²) in [6, 6.07) is 0. The summed E-state index contributed by atoms with van der Waals surface area (Å²) in [5, 5.41) is 3.45. The summed E-state index contributed by atoms with van der Waals surface area (Å²) < 4.78 is 0. The molecule has 0 saturated carbocycles. The van der Waals surface area contributed by atoms with E-state index in [1.165, 1.54) is 12.8 Å². The zero-order valence-corrected chi connectivity index (χ0v) is 11.5. The first kappa shape index (κ1) is 12.9.